The Labute approximate surface area is 106 Å². The van der Waals surface area contributed by atoms with Crippen LogP contribution in [0.4, 0.5) is 4.39 Å². The van der Waals surface area contributed by atoms with Crippen molar-refractivity contribution in [1.29, 1.82) is 0 Å². The molecule has 0 fully saturated rings. The molecule has 0 aliphatic rings. The van der Waals surface area contributed by atoms with E-state index in [4.69, 9.17) is 0 Å². The van der Waals surface area contributed by atoms with Crippen LogP contribution < -0.4 is 51.4 Å². The molecule has 1 aromatic heterocycles. The Bertz CT molecular complexity index is 145. The fourth-order valence-corrected chi connectivity index (χ4v) is 0.804. The Balaban J connectivity index is 0.000000810. The summed E-state index contributed by atoms with van der Waals surface area (Å²) < 4.78 is 13.2. The molecule has 5 heteroatoms. The summed E-state index contributed by atoms with van der Waals surface area (Å²) in [5.74, 6) is 0. The summed E-state index contributed by atoms with van der Waals surface area (Å²) in [6, 6.07) is 0. The molecular weight excluding hydrogens is 178 g/mol. The molecule has 0 bridgehead atoms. The van der Waals surface area contributed by atoms with Gasteiger partial charge in [0.25, 0.3) is 0 Å². The van der Waals surface area contributed by atoms with Gasteiger partial charge in [0.1, 0.15) is 0 Å². The van der Waals surface area contributed by atoms with E-state index in [0.717, 1.165) is 0 Å². The summed E-state index contributed by atoms with van der Waals surface area (Å²) in [4.78, 5) is 0. The molecule has 0 atom stereocenters. The molecule has 0 saturated heterocycles. The van der Waals surface area contributed by atoms with Gasteiger partial charge in [0, 0.05) is 11.6 Å². The van der Waals surface area contributed by atoms with Gasteiger partial charge in [0.2, 0.25) is 0 Å². The third-order valence-electron chi connectivity index (χ3n) is 0.888. The molecule has 0 unspecified atom stereocenters. The Hall–Kier alpha value is 1.13. The average molecular weight is 186 g/mol. The van der Waals surface area contributed by atoms with Crippen LogP contribution in [0.5, 0.6) is 0 Å². The minimum absolute atomic E-state index is 0. The molecule has 0 amide bonds. The van der Waals surface area contributed by atoms with Crippen molar-refractivity contribution in [2.75, 3.05) is 13.2 Å². The average Bonchev–Trinajstić information content (AvgIpc) is 1.76. The fourth-order valence-electron chi connectivity index (χ4n) is 0.425. The Kier molecular flexibility index (Phi) is 7.58. The fraction of sp³-hybridized carbons (Fsp3) is 0.600. The summed E-state index contributed by atoms with van der Waals surface area (Å²) in [5, 5.41) is 1.93. The van der Waals surface area contributed by atoms with Crippen molar-refractivity contribution in [3.8, 4) is 0 Å². The monoisotopic (exact) mass is 186 g/mol. The van der Waals surface area contributed by atoms with Crippen molar-refractivity contribution >= 4 is 11.5 Å². The van der Waals surface area contributed by atoms with Crippen LogP contribution in [0.2, 0.25) is 0 Å². The zero-order valence-corrected chi connectivity index (χ0v) is 9.90. The van der Waals surface area contributed by atoms with Gasteiger partial charge in [0.15, 0.2) is 0 Å². The SMILES string of the molecule is FCCC[N-]n1ccs1.[K+]. The minimum atomic E-state index is -0.272. The van der Waals surface area contributed by atoms with Crippen LogP contribution in [0, 0.1) is 0 Å². The molecule has 0 radical (unpaired) electrons. The molecule has 0 spiro atoms. The first kappa shape index (κ1) is 11.1. The van der Waals surface area contributed by atoms with E-state index in [2.05, 4.69) is 5.43 Å². The van der Waals surface area contributed by atoms with Crippen molar-refractivity contribution in [2.24, 2.45) is 0 Å². The molecule has 2 nitrogen and oxygen atoms in total. The van der Waals surface area contributed by atoms with Crippen LogP contribution in [0.1, 0.15) is 6.42 Å². The van der Waals surface area contributed by atoms with Crippen LogP contribution in [0.25, 0.3) is 5.43 Å². The van der Waals surface area contributed by atoms with E-state index in [1.54, 1.807) is 4.07 Å². The molecule has 10 heavy (non-hydrogen) atoms. The Morgan fingerprint density at radius 3 is 2.70 bits per heavy atom. The van der Waals surface area contributed by atoms with E-state index in [0.29, 0.717) is 13.0 Å². The molecule has 1 aromatic rings. The Morgan fingerprint density at radius 1 is 1.60 bits per heavy atom. The van der Waals surface area contributed by atoms with Crippen molar-refractivity contribution in [2.45, 2.75) is 6.42 Å². The van der Waals surface area contributed by atoms with Gasteiger partial charge in [-0.05, 0) is 6.42 Å². The van der Waals surface area contributed by atoms with Gasteiger partial charge in [-0.3, -0.25) is 4.39 Å². The van der Waals surface area contributed by atoms with Gasteiger partial charge >= 0.3 is 51.4 Å². The van der Waals surface area contributed by atoms with Gasteiger partial charge in [-0.1, -0.05) is 11.5 Å². The first-order valence-corrected chi connectivity index (χ1v) is 3.63. The van der Waals surface area contributed by atoms with E-state index in [1.165, 1.54) is 11.5 Å². The van der Waals surface area contributed by atoms with E-state index in [1.807, 2.05) is 11.6 Å². The number of nitrogens with zero attached hydrogens (tertiary/aromatic N) is 2. The molecule has 52 valence electrons. The van der Waals surface area contributed by atoms with Crippen molar-refractivity contribution in [3.05, 3.63) is 17.0 Å². The van der Waals surface area contributed by atoms with Crippen LogP contribution >= 0.6 is 11.5 Å². The van der Waals surface area contributed by atoms with E-state index < -0.39 is 0 Å². The summed E-state index contributed by atoms with van der Waals surface area (Å²) in [6.45, 7) is 0.319. The molecule has 1 heterocycles. The standard InChI is InChI=1S/C5H8FN2S.K/c6-2-1-3-7-8-4-5-9-8;/h4-5H,1-3H2;/q-1;+1. The van der Waals surface area contributed by atoms with Gasteiger partial charge in [-0.25, -0.2) is 0 Å². The second-order valence-electron chi connectivity index (χ2n) is 1.60. The summed E-state index contributed by atoms with van der Waals surface area (Å²) >= 11 is 1.52. The van der Waals surface area contributed by atoms with E-state index in [9.17, 15) is 4.39 Å². The van der Waals surface area contributed by atoms with E-state index in [-0.39, 0.29) is 58.1 Å². The van der Waals surface area contributed by atoms with Crippen LogP contribution in [-0.4, -0.2) is 17.3 Å². The first-order valence-electron chi connectivity index (χ1n) is 2.79. The maximum Gasteiger partial charge on any atom is 1.00 e. The molecule has 0 aliphatic carbocycles. The van der Waals surface area contributed by atoms with Crippen LogP contribution in [0.15, 0.2) is 11.6 Å². The van der Waals surface area contributed by atoms with Crippen molar-refractivity contribution < 1.29 is 55.8 Å². The molecular formula is C5H8FKN2S. The molecule has 1 rings (SSSR count). The van der Waals surface area contributed by atoms with Crippen LogP contribution in [-0.2, 0) is 0 Å². The zero-order chi connectivity index (χ0) is 6.53. The largest absolute Gasteiger partial charge is 1.00 e. The van der Waals surface area contributed by atoms with Crippen molar-refractivity contribution in [1.82, 2.24) is 4.07 Å². The summed E-state index contributed by atoms with van der Waals surface area (Å²) in [7, 11) is 0. The number of rotatable bonds is 4. The molecule has 0 saturated carbocycles. The Morgan fingerprint density at radius 2 is 2.30 bits per heavy atom. The maximum absolute atomic E-state index is 11.5. The van der Waals surface area contributed by atoms with E-state index >= 15 is 0 Å². The molecule has 0 N–H and O–H groups in total. The third kappa shape index (κ3) is 4.10. The minimum Gasteiger partial charge on any atom is -0.607 e. The van der Waals surface area contributed by atoms with Crippen LogP contribution in [0.3, 0.4) is 0 Å². The number of hydrogen-bond donors (Lipinski definition) is 0. The molecule has 0 aromatic carbocycles. The second-order valence-corrected chi connectivity index (χ2v) is 2.46. The predicted molar refractivity (Wildman–Crippen MR) is 36.5 cm³/mol. The summed E-state index contributed by atoms with van der Waals surface area (Å²) in [6.07, 6.45) is 2.38. The first-order chi connectivity index (χ1) is 4.43. The topological polar surface area (TPSA) is 19.0 Å². The number of aromatic nitrogens is 1. The van der Waals surface area contributed by atoms with Crippen molar-refractivity contribution in [3.63, 3.8) is 0 Å². The molecule has 0 aliphatic heterocycles. The number of hydrogen-bond acceptors (Lipinski definition) is 1. The maximum atomic E-state index is 11.5. The van der Waals surface area contributed by atoms with Gasteiger partial charge in [-0.2, -0.15) is 0 Å². The second kappa shape index (κ2) is 6.81. The normalized spacial score (nSPS) is 8.90. The summed E-state index contributed by atoms with van der Waals surface area (Å²) in [5.41, 5.74) is 3.99. The van der Waals surface area contributed by atoms with Gasteiger partial charge < -0.3 is 9.49 Å². The number of halogens is 1. The quantitative estimate of drug-likeness (QED) is 0.427. The van der Waals surface area contributed by atoms with Gasteiger partial charge in [0.05, 0.1) is 6.67 Å². The number of alkyl halides is 1. The zero-order valence-electron chi connectivity index (χ0n) is 5.96. The third-order valence-corrected chi connectivity index (χ3v) is 1.58. The smallest absolute Gasteiger partial charge is 0.607 e. The van der Waals surface area contributed by atoms with Gasteiger partial charge in [-0.15, -0.1) is 6.54 Å². The predicted octanol–water partition coefficient (Wildman–Crippen LogP) is -0.950.